The van der Waals surface area contributed by atoms with Gasteiger partial charge >= 0.3 is 0 Å². The van der Waals surface area contributed by atoms with Crippen molar-refractivity contribution in [1.29, 1.82) is 0 Å². The van der Waals surface area contributed by atoms with Crippen LogP contribution in [0.1, 0.15) is 18.7 Å². The number of ether oxygens (including phenoxy) is 2. The summed E-state index contributed by atoms with van der Waals surface area (Å²) >= 11 is 0. The summed E-state index contributed by atoms with van der Waals surface area (Å²) in [4.78, 5) is 32.5. The van der Waals surface area contributed by atoms with Gasteiger partial charge in [0.05, 0.1) is 37.8 Å². The number of rotatable bonds is 5. The van der Waals surface area contributed by atoms with Crippen molar-refractivity contribution in [2.45, 2.75) is 31.4 Å². The summed E-state index contributed by atoms with van der Waals surface area (Å²) in [5, 5.41) is 4.00. The second kappa shape index (κ2) is 8.20. The van der Waals surface area contributed by atoms with Crippen molar-refractivity contribution in [2.24, 2.45) is 0 Å². The van der Waals surface area contributed by atoms with Crippen LogP contribution in [-0.4, -0.2) is 77.8 Å². The minimum atomic E-state index is -0.129. The van der Waals surface area contributed by atoms with Crippen LogP contribution in [0.15, 0.2) is 28.8 Å². The van der Waals surface area contributed by atoms with Crippen molar-refractivity contribution in [3.63, 3.8) is 0 Å². The van der Waals surface area contributed by atoms with Crippen LogP contribution in [0.5, 0.6) is 5.75 Å². The number of hydrogen-bond acceptors (Lipinski definition) is 7. The van der Waals surface area contributed by atoms with Crippen LogP contribution in [-0.2, 0) is 20.7 Å². The van der Waals surface area contributed by atoms with Gasteiger partial charge in [0.25, 0.3) is 0 Å². The van der Waals surface area contributed by atoms with Crippen molar-refractivity contribution in [3.8, 4) is 17.1 Å². The highest BCUT2D eigenvalue weighted by atomic mass is 16.5. The van der Waals surface area contributed by atoms with E-state index in [9.17, 15) is 9.59 Å². The van der Waals surface area contributed by atoms with Gasteiger partial charge < -0.3 is 23.8 Å². The number of amides is 2. The highest BCUT2D eigenvalue weighted by Gasteiger charge is 2.41. The molecular formula is C20H24N4O5. The highest BCUT2D eigenvalue weighted by Crippen LogP contribution is 2.27. The Bertz CT molecular complexity index is 899. The van der Waals surface area contributed by atoms with E-state index < -0.39 is 0 Å². The monoisotopic (exact) mass is 400 g/mol. The summed E-state index contributed by atoms with van der Waals surface area (Å²) in [7, 11) is 3.36. The van der Waals surface area contributed by atoms with E-state index in [-0.39, 0.29) is 30.4 Å². The van der Waals surface area contributed by atoms with Crippen LogP contribution in [0.4, 0.5) is 0 Å². The Hall–Kier alpha value is -2.94. The quantitative estimate of drug-likeness (QED) is 0.742. The van der Waals surface area contributed by atoms with Crippen molar-refractivity contribution in [3.05, 3.63) is 30.2 Å². The number of hydrogen-bond donors (Lipinski definition) is 0. The normalized spacial score (nSPS) is 21.8. The number of aryl methyl sites for hydroxylation is 1. The highest BCUT2D eigenvalue weighted by molar-refractivity contribution is 5.79. The van der Waals surface area contributed by atoms with Gasteiger partial charge in [-0.05, 0) is 12.1 Å². The summed E-state index contributed by atoms with van der Waals surface area (Å²) in [5.74, 6) is 1.53. The lowest BCUT2D eigenvalue weighted by atomic mass is 10.2. The summed E-state index contributed by atoms with van der Waals surface area (Å²) in [5.41, 5.74) is 0.737. The third-order valence-electron chi connectivity index (χ3n) is 5.50. The minimum Gasteiger partial charge on any atom is -0.496 e. The molecule has 0 N–H and O–H groups in total. The SMILES string of the molecule is COc1ccccc1-c1noc(CCC(=O)N2C[C@@H]3OCCC(=O)N(C)[C@H]3C2)n1. The van der Waals surface area contributed by atoms with E-state index in [1.54, 1.807) is 24.0 Å². The van der Waals surface area contributed by atoms with Gasteiger partial charge in [-0.25, -0.2) is 0 Å². The van der Waals surface area contributed by atoms with Gasteiger partial charge in [0.15, 0.2) is 0 Å². The van der Waals surface area contributed by atoms with Gasteiger partial charge in [-0.1, -0.05) is 17.3 Å². The molecule has 29 heavy (non-hydrogen) atoms. The fraction of sp³-hybridized carbons (Fsp3) is 0.500. The molecule has 0 aliphatic carbocycles. The maximum Gasteiger partial charge on any atom is 0.227 e. The Morgan fingerprint density at radius 3 is 2.97 bits per heavy atom. The van der Waals surface area contributed by atoms with E-state index in [0.717, 1.165) is 5.56 Å². The topological polar surface area (TPSA) is 98.0 Å². The fourth-order valence-electron chi connectivity index (χ4n) is 3.82. The van der Waals surface area contributed by atoms with E-state index in [1.165, 1.54) is 0 Å². The number of likely N-dealkylation sites (N-methyl/N-ethyl adjacent to an activating group) is 1. The number of methoxy groups -OCH3 is 1. The molecule has 0 saturated carbocycles. The van der Waals surface area contributed by atoms with Gasteiger partial charge in [0.2, 0.25) is 23.5 Å². The van der Waals surface area contributed by atoms with E-state index in [1.807, 2.05) is 24.3 Å². The van der Waals surface area contributed by atoms with Crippen molar-refractivity contribution < 1.29 is 23.6 Å². The molecule has 2 aliphatic rings. The van der Waals surface area contributed by atoms with E-state index in [0.29, 0.717) is 50.0 Å². The smallest absolute Gasteiger partial charge is 0.227 e. The lowest BCUT2D eigenvalue weighted by molar-refractivity contribution is -0.133. The molecule has 1 aromatic carbocycles. The maximum atomic E-state index is 12.7. The average molecular weight is 400 g/mol. The zero-order valence-electron chi connectivity index (χ0n) is 16.5. The van der Waals surface area contributed by atoms with Crippen LogP contribution >= 0.6 is 0 Å². The van der Waals surface area contributed by atoms with Crippen LogP contribution < -0.4 is 4.74 Å². The van der Waals surface area contributed by atoms with Gasteiger partial charge in [-0.2, -0.15) is 4.98 Å². The molecule has 3 heterocycles. The Morgan fingerprint density at radius 2 is 2.14 bits per heavy atom. The Labute approximate surface area is 168 Å². The number of nitrogens with zero attached hydrogens (tertiary/aromatic N) is 4. The standard InChI is InChI=1S/C20H24N4O5/c1-23-14-11-24(12-16(14)28-10-9-18(23)25)19(26)8-7-17-21-20(22-29-17)13-5-3-4-6-15(13)27-2/h3-6,14,16H,7-12H2,1-2H3/t14-,16-/m0/s1. The predicted octanol–water partition coefficient (Wildman–Crippen LogP) is 1.14. The molecule has 2 amide bonds. The number of para-hydroxylation sites is 1. The molecule has 2 saturated heterocycles. The van der Waals surface area contributed by atoms with Crippen molar-refractivity contribution >= 4 is 11.8 Å². The number of aromatic nitrogens is 2. The number of fused-ring (bicyclic) bond motifs is 1. The first-order valence-corrected chi connectivity index (χ1v) is 9.68. The van der Waals surface area contributed by atoms with E-state index >= 15 is 0 Å². The largest absolute Gasteiger partial charge is 0.496 e. The molecule has 2 atom stereocenters. The van der Waals surface area contributed by atoms with Crippen LogP contribution in [0.3, 0.4) is 0 Å². The molecule has 0 spiro atoms. The Kier molecular flexibility index (Phi) is 5.48. The van der Waals surface area contributed by atoms with Crippen molar-refractivity contribution in [2.75, 3.05) is 33.9 Å². The van der Waals surface area contributed by atoms with Gasteiger partial charge in [0, 0.05) is 33.0 Å². The fourth-order valence-corrected chi connectivity index (χ4v) is 3.82. The molecule has 9 heteroatoms. The lowest BCUT2D eigenvalue weighted by Crippen LogP contribution is -2.43. The first kappa shape index (κ1) is 19.4. The number of likely N-dealkylation sites (tertiary alicyclic amines) is 1. The predicted molar refractivity (Wildman–Crippen MR) is 102 cm³/mol. The zero-order valence-corrected chi connectivity index (χ0v) is 16.5. The second-order valence-corrected chi connectivity index (χ2v) is 7.24. The second-order valence-electron chi connectivity index (χ2n) is 7.24. The minimum absolute atomic E-state index is 0.0143. The first-order chi connectivity index (χ1) is 14.1. The molecular weight excluding hydrogens is 376 g/mol. The average Bonchev–Trinajstić information content (AvgIpc) is 3.36. The number of carbonyl (C=O) groups excluding carboxylic acids is 2. The molecule has 4 rings (SSSR count). The molecule has 2 fully saturated rings. The molecule has 0 radical (unpaired) electrons. The third kappa shape index (κ3) is 3.95. The molecule has 154 valence electrons. The number of benzene rings is 1. The van der Waals surface area contributed by atoms with Crippen molar-refractivity contribution in [1.82, 2.24) is 19.9 Å². The number of carbonyl (C=O) groups is 2. The van der Waals surface area contributed by atoms with E-state index in [2.05, 4.69) is 10.1 Å². The summed E-state index contributed by atoms with van der Waals surface area (Å²) in [6.07, 6.45) is 0.868. The maximum absolute atomic E-state index is 12.7. The van der Waals surface area contributed by atoms with Gasteiger partial charge in [0.1, 0.15) is 5.75 Å². The van der Waals surface area contributed by atoms with Crippen LogP contribution in [0.2, 0.25) is 0 Å². The Morgan fingerprint density at radius 1 is 1.31 bits per heavy atom. The lowest BCUT2D eigenvalue weighted by Gasteiger charge is -2.25. The van der Waals surface area contributed by atoms with Crippen LogP contribution in [0.25, 0.3) is 11.4 Å². The third-order valence-corrected chi connectivity index (χ3v) is 5.50. The molecule has 1 aromatic heterocycles. The molecule has 0 bridgehead atoms. The molecule has 2 aliphatic heterocycles. The van der Waals surface area contributed by atoms with Crippen LogP contribution in [0, 0.1) is 0 Å². The molecule has 0 unspecified atom stereocenters. The summed E-state index contributed by atoms with van der Waals surface area (Å²) < 4.78 is 16.4. The van der Waals surface area contributed by atoms with E-state index in [4.69, 9.17) is 14.0 Å². The Balaban J connectivity index is 1.36. The molecule has 2 aromatic rings. The summed E-state index contributed by atoms with van der Waals surface area (Å²) in [6.45, 7) is 1.39. The van der Waals surface area contributed by atoms with Gasteiger partial charge in [-0.3, -0.25) is 9.59 Å². The zero-order chi connectivity index (χ0) is 20.4. The first-order valence-electron chi connectivity index (χ1n) is 9.68. The van der Waals surface area contributed by atoms with Gasteiger partial charge in [-0.15, -0.1) is 0 Å². The summed E-state index contributed by atoms with van der Waals surface area (Å²) in [6, 6.07) is 7.33. The molecule has 9 nitrogen and oxygen atoms in total.